The standard InChI is InChI=1S/C14H9ClFNO2S/c15-11-8-10(3-4-12(11)16)17-14(19)13-9(2-1-6-18)5-7-20-13/h3-5,7-8,18H,6H2,(H,17,19). The summed E-state index contributed by atoms with van der Waals surface area (Å²) in [5, 5.41) is 13.0. The van der Waals surface area contributed by atoms with E-state index in [1.807, 2.05) is 0 Å². The lowest BCUT2D eigenvalue weighted by molar-refractivity contribution is 0.103. The molecule has 0 bridgehead atoms. The molecule has 20 heavy (non-hydrogen) atoms. The maximum absolute atomic E-state index is 13.0. The first-order valence-corrected chi connectivity index (χ1v) is 6.81. The highest BCUT2D eigenvalue weighted by molar-refractivity contribution is 7.12. The van der Waals surface area contributed by atoms with Gasteiger partial charge in [0.05, 0.1) is 5.02 Å². The fourth-order valence-electron chi connectivity index (χ4n) is 1.48. The fourth-order valence-corrected chi connectivity index (χ4v) is 2.40. The molecule has 3 nitrogen and oxygen atoms in total. The molecule has 0 saturated carbocycles. The quantitative estimate of drug-likeness (QED) is 0.837. The molecular formula is C14H9ClFNO2S. The Labute approximate surface area is 124 Å². The maximum atomic E-state index is 13.0. The van der Waals surface area contributed by atoms with Crippen molar-refractivity contribution in [1.82, 2.24) is 0 Å². The highest BCUT2D eigenvalue weighted by Crippen LogP contribution is 2.22. The summed E-state index contributed by atoms with van der Waals surface area (Å²) < 4.78 is 13.0. The lowest BCUT2D eigenvalue weighted by Crippen LogP contribution is -2.11. The van der Waals surface area contributed by atoms with Crippen LogP contribution >= 0.6 is 22.9 Å². The third-order valence-electron chi connectivity index (χ3n) is 2.35. The normalized spacial score (nSPS) is 9.75. The summed E-state index contributed by atoms with van der Waals surface area (Å²) in [6, 6.07) is 5.63. The van der Waals surface area contributed by atoms with E-state index in [-0.39, 0.29) is 17.5 Å². The van der Waals surface area contributed by atoms with Crippen LogP contribution in [0.15, 0.2) is 29.6 Å². The fraction of sp³-hybridized carbons (Fsp3) is 0.0714. The van der Waals surface area contributed by atoms with E-state index in [1.165, 1.54) is 29.5 Å². The van der Waals surface area contributed by atoms with E-state index in [4.69, 9.17) is 16.7 Å². The average Bonchev–Trinajstić information content (AvgIpc) is 2.89. The van der Waals surface area contributed by atoms with Crippen LogP contribution in [0, 0.1) is 17.7 Å². The molecule has 1 aromatic carbocycles. The Morgan fingerprint density at radius 2 is 2.25 bits per heavy atom. The number of thiophene rings is 1. The molecule has 0 spiro atoms. The van der Waals surface area contributed by atoms with Crippen LogP contribution < -0.4 is 5.32 Å². The van der Waals surface area contributed by atoms with Crippen molar-refractivity contribution in [2.24, 2.45) is 0 Å². The largest absolute Gasteiger partial charge is 0.384 e. The number of hydrogen-bond donors (Lipinski definition) is 2. The number of halogens is 2. The molecule has 0 aliphatic heterocycles. The maximum Gasteiger partial charge on any atom is 0.267 e. The number of carbonyl (C=O) groups excluding carboxylic acids is 1. The molecule has 102 valence electrons. The van der Waals surface area contributed by atoms with Crippen molar-refractivity contribution in [3.8, 4) is 11.8 Å². The van der Waals surface area contributed by atoms with Gasteiger partial charge in [-0.3, -0.25) is 4.79 Å². The van der Waals surface area contributed by atoms with Gasteiger partial charge in [-0.1, -0.05) is 23.4 Å². The lowest BCUT2D eigenvalue weighted by Gasteiger charge is -2.05. The molecular weight excluding hydrogens is 301 g/mol. The molecule has 2 N–H and O–H groups in total. The summed E-state index contributed by atoms with van der Waals surface area (Å²) in [7, 11) is 0. The van der Waals surface area contributed by atoms with Crippen LogP contribution in [0.3, 0.4) is 0 Å². The van der Waals surface area contributed by atoms with Gasteiger partial charge in [0, 0.05) is 11.3 Å². The lowest BCUT2D eigenvalue weighted by atomic mass is 10.2. The minimum Gasteiger partial charge on any atom is -0.384 e. The van der Waals surface area contributed by atoms with E-state index < -0.39 is 5.82 Å². The Morgan fingerprint density at radius 3 is 2.95 bits per heavy atom. The summed E-state index contributed by atoms with van der Waals surface area (Å²) in [5.74, 6) is 4.28. The van der Waals surface area contributed by atoms with Crippen LogP contribution in [0.25, 0.3) is 0 Å². The van der Waals surface area contributed by atoms with Crippen molar-refractivity contribution in [1.29, 1.82) is 0 Å². The van der Waals surface area contributed by atoms with Crippen molar-refractivity contribution in [3.63, 3.8) is 0 Å². The van der Waals surface area contributed by atoms with E-state index in [9.17, 15) is 9.18 Å². The summed E-state index contributed by atoms with van der Waals surface area (Å²) in [6.45, 7) is -0.273. The molecule has 2 rings (SSSR count). The van der Waals surface area contributed by atoms with Crippen LogP contribution in [0.5, 0.6) is 0 Å². The van der Waals surface area contributed by atoms with Crippen LogP contribution in [-0.2, 0) is 0 Å². The van der Waals surface area contributed by atoms with Gasteiger partial charge in [0.1, 0.15) is 17.3 Å². The minimum absolute atomic E-state index is 0.0609. The first-order valence-electron chi connectivity index (χ1n) is 5.55. The van der Waals surface area contributed by atoms with Crippen molar-refractivity contribution in [2.45, 2.75) is 0 Å². The summed E-state index contributed by atoms with van der Waals surface area (Å²) in [5.41, 5.74) is 0.936. The first-order chi connectivity index (χ1) is 9.61. The number of benzene rings is 1. The average molecular weight is 310 g/mol. The van der Waals surface area contributed by atoms with E-state index in [1.54, 1.807) is 11.4 Å². The van der Waals surface area contributed by atoms with Crippen molar-refractivity contribution in [3.05, 3.63) is 50.9 Å². The number of carbonyl (C=O) groups is 1. The van der Waals surface area contributed by atoms with Gasteiger partial charge in [0.2, 0.25) is 0 Å². The van der Waals surface area contributed by atoms with E-state index in [0.29, 0.717) is 16.1 Å². The highest BCUT2D eigenvalue weighted by atomic mass is 35.5. The Morgan fingerprint density at radius 1 is 1.45 bits per heavy atom. The Kier molecular flexibility index (Phi) is 4.74. The zero-order valence-electron chi connectivity index (χ0n) is 10.1. The molecule has 0 atom stereocenters. The van der Waals surface area contributed by atoms with E-state index in [0.717, 1.165) is 0 Å². The van der Waals surface area contributed by atoms with Gasteiger partial charge in [0.25, 0.3) is 5.91 Å². The summed E-state index contributed by atoms with van der Waals surface area (Å²) in [6.07, 6.45) is 0. The predicted octanol–water partition coefficient (Wildman–Crippen LogP) is 3.14. The molecule has 1 heterocycles. The van der Waals surface area contributed by atoms with E-state index in [2.05, 4.69) is 17.2 Å². The molecule has 0 saturated heterocycles. The zero-order chi connectivity index (χ0) is 14.5. The molecule has 1 amide bonds. The minimum atomic E-state index is -0.546. The molecule has 0 radical (unpaired) electrons. The Hall–Kier alpha value is -1.87. The van der Waals surface area contributed by atoms with Crippen molar-refractivity contribution >= 4 is 34.5 Å². The number of rotatable bonds is 2. The van der Waals surface area contributed by atoms with Crippen LogP contribution in [0.2, 0.25) is 5.02 Å². The topological polar surface area (TPSA) is 49.3 Å². The second-order valence-corrected chi connectivity index (χ2v) is 5.03. The monoisotopic (exact) mass is 309 g/mol. The zero-order valence-corrected chi connectivity index (χ0v) is 11.7. The third kappa shape index (κ3) is 3.36. The van der Waals surface area contributed by atoms with E-state index >= 15 is 0 Å². The van der Waals surface area contributed by atoms with Crippen molar-refractivity contribution in [2.75, 3.05) is 11.9 Å². The van der Waals surface area contributed by atoms with Crippen LogP contribution in [0.1, 0.15) is 15.2 Å². The Balaban J connectivity index is 2.20. The molecule has 6 heteroatoms. The SMILES string of the molecule is O=C(Nc1ccc(F)c(Cl)c1)c1sccc1C#CCO. The molecule has 1 aromatic heterocycles. The first kappa shape index (κ1) is 14.5. The second kappa shape index (κ2) is 6.53. The number of nitrogens with one attached hydrogen (secondary N) is 1. The summed E-state index contributed by atoms with van der Waals surface area (Å²) >= 11 is 6.88. The number of hydrogen-bond acceptors (Lipinski definition) is 3. The van der Waals surface area contributed by atoms with Crippen LogP contribution in [0.4, 0.5) is 10.1 Å². The highest BCUT2D eigenvalue weighted by Gasteiger charge is 2.13. The summed E-state index contributed by atoms with van der Waals surface area (Å²) in [4.78, 5) is 12.5. The predicted molar refractivity (Wildman–Crippen MR) is 77.6 cm³/mol. The van der Waals surface area contributed by atoms with Crippen molar-refractivity contribution < 1.29 is 14.3 Å². The molecule has 0 fully saturated rings. The molecule has 0 unspecified atom stereocenters. The number of aliphatic hydroxyl groups is 1. The molecule has 0 aliphatic carbocycles. The third-order valence-corrected chi connectivity index (χ3v) is 3.55. The van der Waals surface area contributed by atoms with Gasteiger partial charge in [-0.15, -0.1) is 11.3 Å². The van der Waals surface area contributed by atoms with Gasteiger partial charge in [-0.25, -0.2) is 4.39 Å². The number of amides is 1. The smallest absolute Gasteiger partial charge is 0.267 e. The van der Waals surface area contributed by atoms with Gasteiger partial charge in [0.15, 0.2) is 0 Å². The molecule has 2 aromatic rings. The van der Waals surface area contributed by atoms with Gasteiger partial charge < -0.3 is 10.4 Å². The van der Waals surface area contributed by atoms with Crippen LogP contribution in [-0.4, -0.2) is 17.6 Å². The van der Waals surface area contributed by atoms with Gasteiger partial charge in [-0.05, 0) is 29.6 Å². The second-order valence-electron chi connectivity index (χ2n) is 3.71. The Bertz CT molecular complexity index is 703. The number of aliphatic hydroxyl groups excluding tert-OH is 1. The van der Waals surface area contributed by atoms with Gasteiger partial charge in [-0.2, -0.15) is 0 Å². The number of anilines is 1. The molecule has 0 aliphatic rings. The van der Waals surface area contributed by atoms with Gasteiger partial charge >= 0.3 is 0 Å².